The maximum Gasteiger partial charge on any atom is 0.247 e. The lowest BCUT2D eigenvalue weighted by Gasteiger charge is -2.15. The van der Waals surface area contributed by atoms with Gasteiger partial charge in [0.1, 0.15) is 0 Å². The van der Waals surface area contributed by atoms with Crippen molar-refractivity contribution in [2.75, 3.05) is 16.0 Å². The van der Waals surface area contributed by atoms with Crippen LogP contribution in [0.4, 0.5) is 11.4 Å². The molecule has 1 aliphatic rings. The number of anilines is 2. The number of rotatable bonds is 5. The summed E-state index contributed by atoms with van der Waals surface area (Å²) in [5.41, 5.74) is 3.47. The standard InChI is InChI=1S/C20H20N2O3S/c1-13-7-6-10-16(14(13)2)21-18(23)12-26-17-11-19(24)22(20(17)25)15-8-4-3-5-9-15/h3-10,17H,11-12H2,1-2H3,(H,21,23)/t17-/m0/s1. The van der Waals surface area contributed by atoms with Crippen LogP contribution >= 0.6 is 11.8 Å². The van der Waals surface area contributed by atoms with Crippen molar-refractivity contribution in [3.8, 4) is 0 Å². The molecule has 6 heteroatoms. The van der Waals surface area contributed by atoms with Gasteiger partial charge in [-0.05, 0) is 43.2 Å². The predicted octanol–water partition coefficient (Wildman–Crippen LogP) is 3.31. The first-order valence-electron chi connectivity index (χ1n) is 8.37. The molecule has 3 rings (SSSR count). The van der Waals surface area contributed by atoms with Gasteiger partial charge < -0.3 is 5.32 Å². The summed E-state index contributed by atoms with van der Waals surface area (Å²) in [5, 5.41) is 2.35. The first-order chi connectivity index (χ1) is 12.5. The first-order valence-corrected chi connectivity index (χ1v) is 9.42. The van der Waals surface area contributed by atoms with Gasteiger partial charge in [0, 0.05) is 12.1 Å². The third kappa shape index (κ3) is 3.80. The van der Waals surface area contributed by atoms with Crippen LogP contribution in [0.1, 0.15) is 17.5 Å². The van der Waals surface area contributed by atoms with E-state index in [2.05, 4.69) is 5.32 Å². The fourth-order valence-electron chi connectivity index (χ4n) is 2.83. The molecule has 0 unspecified atom stereocenters. The minimum atomic E-state index is -0.521. The van der Waals surface area contributed by atoms with Crippen LogP contribution < -0.4 is 10.2 Å². The number of nitrogens with one attached hydrogen (secondary N) is 1. The molecule has 2 aromatic rings. The number of nitrogens with zero attached hydrogens (tertiary/aromatic N) is 1. The highest BCUT2D eigenvalue weighted by atomic mass is 32.2. The van der Waals surface area contributed by atoms with Gasteiger partial charge in [0.25, 0.3) is 0 Å². The van der Waals surface area contributed by atoms with E-state index in [0.717, 1.165) is 16.8 Å². The second-order valence-corrected chi connectivity index (χ2v) is 7.39. The maximum atomic E-state index is 12.5. The van der Waals surface area contributed by atoms with Crippen LogP contribution in [0.25, 0.3) is 0 Å². The molecule has 1 aliphatic heterocycles. The molecule has 0 aliphatic carbocycles. The van der Waals surface area contributed by atoms with Gasteiger partial charge in [-0.2, -0.15) is 0 Å². The van der Waals surface area contributed by atoms with E-state index in [0.29, 0.717) is 5.69 Å². The molecule has 26 heavy (non-hydrogen) atoms. The third-order valence-corrected chi connectivity index (χ3v) is 5.61. The fraction of sp³-hybridized carbons (Fsp3) is 0.250. The van der Waals surface area contributed by atoms with E-state index in [1.54, 1.807) is 24.3 Å². The van der Waals surface area contributed by atoms with E-state index in [1.165, 1.54) is 16.7 Å². The van der Waals surface area contributed by atoms with E-state index in [4.69, 9.17) is 0 Å². The zero-order valence-electron chi connectivity index (χ0n) is 14.7. The number of carbonyl (C=O) groups is 3. The summed E-state index contributed by atoms with van der Waals surface area (Å²) >= 11 is 1.21. The van der Waals surface area contributed by atoms with Crippen molar-refractivity contribution in [1.29, 1.82) is 0 Å². The minimum absolute atomic E-state index is 0.120. The number of hydrogen-bond donors (Lipinski definition) is 1. The van der Waals surface area contributed by atoms with E-state index in [1.807, 2.05) is 38.1 Å². The van der Waals surface area contributed by atoms with Crippen LogP contribution in [-0.2, 0) is 14.4 Å². The van der Waals surface area contributed by atoms with Crippen molar-refractivity contribution >= 4 is 40.9 Å². The van der Waals surface area contributed by atoms with Gasteiger partial charge in [0.15, 0.2) is 0 Å². The quantitative estimate of drug-likeness (QED) is 0.823. The molecule has 1 saturated heterocycles. The van der Waals surface area contributed by atoms with Crippen LogP contribution in [0.2, 0.25) is 0 Å². The summed E-state index contributed by atoms with van der Waals surface area (Å²) in [7, 11) is 0. The average Bonchev–Trinajstić information content (AvgIpc) is 2.91. The summed E-state index contributed by atoms with van der Waals surface area (Å²) in [6.07, 6.45) is 0.120. The molecule has 1 atom stereocenters. The summed E-state index contributed by atoms with van der Waals surface area (Å²) < 4.78 is 0. The second-order valence-electron chi connectivity index (χ2n) is 6.20. The highest BCUT2D eigenvalue weighted by Gasteiger charge is 2.39. The number of thioether (sulfide) groups is 1. The molecule has 0 bridgehead atoms. The summed E-state index contributed by atoms with van der Waals surface area (Å²) in [4.78, 5) is 38.2. The molecule has 134 valence electrons. The van der Waals surface area contributed by atoms with Crippen molar-refractivity contribution in [3.05, 3.63) is 59.7 Å². The van der Waals surface area contributed by atoms with Gasteiger partial charge in [-0.1, -0.05) is 30.3 Å². The Morgan fingerprint density at radius 3 is 2.58 bits per heavy atom. The lowest BCUT2D eigenvalue weighted by atomic mass is 10.1. The Kier molecular flexibility index (Phi) is 5.42. The Morgan fingerprint density at radius 2 is 1.85 bits per heavy atom. The van der Waals surface area contributed by atoms with Crippen molar-refractivity contribution < 1.29 is 14.4 Å². The van der Waals surface area contributed by atoms with E-state index >= 15 is 0 Å². The molecule has 1 fully saturated rings. The molecule has 2 aromatic carbocycles. The number of aryl methyl sites for hydroxylation is 1. The largest absolute Gasteiger partial charge is 0.325 e. The number of benzene rings is 2. The van der Waals surface area contributed by atoms with Gasteiger partial charge >= 0.3 is 0 Å². The smallest absolute Gasteiger partial charge is 0.247 e. The number of amides is 3. The zero-order chi connectivity index (χ0) is 18.7. The molecule has 1 N–H and O–H groups in total. The Labute approximate surface area is 156 Å². The Balaban J connectivity index is 1.60. The van der Waals surface area contributed by atoms with E-state index < -0.39 is 5.25 Å². The number of carbonyl (C=O) groups excluding carboxylic acids is 3. The van der Waals surface area contributed by atoms with Gasteiger partial charge in [-0.25, -0.2) is 4.90 Å². The van der Waals surface area contributed by atoms with Crippen LogP contribution in [0.15, 0.2) is 48.5 Å². The number of para-hydroxylation sites is 1. The van der Waals surface area contributed by atoms with E-state index in [-0.39, 0.29) is 29.9 Å². The molecule has 5 nitrogen and oxygen atoms in total. The van der Waals surface area contributed by atoms with Crippen LogP contribution in [-0.4, -0.2) is 28.7 Å². The van der Waals surface area contributed by atoms with Gasteiger partial charge in [-0.15, -0.1) is 11.8 Å². The Hall–Kier alpha value is -2.60. The molecule has 0 saturated carbocycles. The van der Waals surface area contributed by atoms with Crippen LogP contribution in [0, 0.1) is 13.8 Å². The van der Waals surface area contributed by atoms with Crippen molar-refractivity contribution in [1.82, 2.24) is 0 Å². The van der Waals surface area contributed by atoms with Crippen molar-refractivity contribution in [2.24, 2.45) is 0 Å². The maximum absolute atomic E-state index is 12.5. The Morgan fingerprint density at radius 1 is 1.12 bits per heavy atom. The van der Waals surface area contributed by atoms with Crippen molar-refractivity contribution in [2.45, 2.75) is 25.5 Å². The highest BCUT2D eigenvalue weighted by Crippen LogP contribution is 2.29. The monoisotopic (exact) mass is 368 g/mol. The predicted molar refractivity (Wildman–Crippen MR) is 104 cm³/mol. The summed E-state index contributed by atoms with van der Waals surface area (Å²) in [5.74, 6) is -0.541. The SMILES string of the molecule is Cc1cccc(NC(=O)CS[C@H]2CC(=O)N(c3ccccc3)C2=O)c1C. The third-order valence-electron chi connectivity index (χ3n) is 4.41. The molecule has 0 spiro atoms. The zero-order valence-corrected chi connectivity index (χ0v) is 15.5. The Bertz CT molecular complexity index is 851. The topological polar surface area (TPSA) is 66.5 Å². The highest BCUT2D eigenvalue weighted by molar-refractivity contribution is 8.01. The molecular formula is C20H20N2O3S. The van der Waals surface area contributed by atoms with Gasteiger partial charge in [-0.3, -0.25) is 14.4 Å². The van der Waals surface area contributed by atoms with Crippen LogP contribution in [0.5, 0.6) is 0 Å². The van der Waals surface area contributed by atoms with Crippen molar-refractivity contribution in [3.63, 3.8) is 0 Å². The molecular weight excluding hydrogens is 348 g/mol. The van der Waals surface area contributed by atoms with Gasteiger partial charge in [0.05, 0.1) is 16.7 Å². The minimum Gasteiger partial charge on any atom is -0.325 e. The average molecular weight is 368 g/mol. The normalized spacial score (nSPS) is 16.8. The fourth-order valence-corrected chi connectivity index (χ4v) is 3.76. The molecule has 3 amide bonds. The van der Waals surface area contributed by atoms with E-state index in [9.17, 15) is 14.4 Å². The molecule has 0 aromatic heterocycles. The summed E-state index contributed by atoms with van der Waals surface area (Å²) in [6.45, 7) is 3.94. The van der Waals surface area contributed by atoms with Gasteiger partial charge in [0.2, 0.25) is 17.7 Å². The molecule has 1 heterocycles. The first kappa shape index (κ1) is 18.2. The lowest BCUT2D eigenvalue weighted by Crippen LogP contribution is -2.31. The lowest BCUT2D eigenvalue weighted by molar-refractivity contribution is -0.121. The number of hydrogen-bond acceptors (Lipinski definition) is 4. The second kappa shape index (κ2) is 7.74. The summed E-state index contributed by atoms with van der Waals surface area (Å²) in [6, 6.07) is 14.6. The van der Waals surface area contributed by atoms with Crippen LogP contribution in [0.3, 0.4) is 0 Å². The molecule has 0 radical (unpaired) electrons. The number of imide groups is 1.